The van der Waals surface area contributed by atoms with Crippen LogP contribution >= 0.6 is 0 Å². The zero-order chi connectivity index (χ0) is 16.8. The molecule has 0 aliphatic carbocycles. The van der Waals surface area contributed by atoms with Gasteiger partial charge in [0.05, 0.1) is 17.4 Å². The zero-order valence-electron chi connectivity index (χ0n) is 13.9. The fraction of sp³-hybridized carbons (Fsp3) is 0.643. The molecule has 23 heavy (non-hydrogen) atoms. The Balaban J connectivity index is 2.08. The topological polar surface area (TPSA) is 85.9 Å². The first-order valence-corrected chi connectivity index (χ1v) is 9.14. The molecular weight excluding hydrogens is 316 g/mol. The van der Waals surface area contributed by atoms with Gasteiger partial charge in [-0.3, -0.25) is 4.68 Å². The summed E-state index contributed by atoms with van der Waals surface area (Å²) in [6.45, 7) is 4.02. The summed E-state index contributed by atoms with van der Waals surface area (Å²) in [5, 5.41) is 12.3. The van der Waals surface area contributed by atoms with Gasteiger partial charge in [0, 0.05) is 20.6 Å². The number of sulfonamides is 1. The number of piperidine rings is 1. The van der Waals surface area contributed by atoms with Crippen LogP contribution < -0.4 is 0 Å². The van der Waals surface area contributed by atoms with Gasteiger partial charge in [0.1, 0.15) is 11.2 Å². The Morgan fingerprint density at radius 2 is 1.96 bits per heavy atom. The highest BCUT2D eigenvalue weighted by Gasteiger charge is 2.39. The van der Waals surface area contributed by atoms with Crippen molar-refractivity contribution < 1.29 is 8.42 Å². The van der Waals surface area contributed by atoms with Gasteiger partial charge in [0.25, 0.3) is 0 Å². The maximum atomic E-state index is 13.3. The lowest BCUT2D eigenvalue weighted by Crippen LogP contribution is -2.40. The van der Waals surface area contributed by atoms with Gasteiger partial charge >= 0.3 is 0 Å². The Bertz CT molecular complexity index is 822. The Kier molecular flexibility index (Phi) is 4.01. The van der Waals surface area contributed by atoms with Crippen LogP contribution in [0.25, 0.3) is 0 Å². The largest absolute Gasteiger partial charge is 0.319 e. The highest BCUT2D eigenvalue weighted by atomic mass is 32.2. The third-order valence-electron chi connectivity index (χ3n) is 4.51. The molecule has 0 aromatic carbocycles. The summed E-state index contributed by atoms with van der Waals surface area (Å²) in [7, 11) is -0.0214. The zero-order valence-corrected chi connectivity index (χ0v) is 14.7. The molecule has 1 fully saturated rings. The van der Waals surface area contributed by atoms with Gasteiger partial charge in [-0.05, 0) is 26.7 Å². The van der Waals surface area contributed by atoms with Gasteiger partial charge in [-0.1, -0.05) is 6.42 Å². The predicted octanol–water partition coefficient (Wildman–Crippen LogP) is 1.08. The molecule has 8 nitrogen and oxygen atoms in total. The number of hydrogen-bond acceptors (Lipinski definition) is 5. The van der Waals surface area contributed by atoms with Gasteiger partial charge in [0.15, 0.2) is 5.82 Å². The summed E-state index contributed by atoms with van der Waals surface area (Å²) in [5.74, 6) is 0.687. The van der Waals surface area contributed by atoms with Crippen LogP contribution in [0.15, 0.2) is 11.2 Å². The smallest absolute Gasteiger partial charge is 0.247 e. The monoisotopic (exact) mass is 338 g/mol. The molecule has 0 spiro atoms. The van der Waals surface area contributed by atoms with Crippen LogP contribution in [0.5, 0.6) is 0 Å². The third-order valence-corrected chi connectivity index (χ3v) is 6.67. The molecule has 0 unspecified atom stereocenters. The van der Waals surface area contributed by atoms with Crippen LogP contribution in [0.1, 0.15) is 42.5 Å². The van der Waals surface area contributed by atoms with Crippen LogP contribution in [-0.4, -0.2) is 43.8 Å². The van der Waals surface area contributed by atoms with Crippen molar-refractivity contribution in [2.45, 2.75) is 44.0 Å². The Labute approximate surface area is 136 Å². The van der Waals surface area contributed by atoms with Crippen molar-refractivity contribution in [3.63, 3.8) is 0 Å². The van der Waals surface area contributed by atoms with Crippen LogP contribution in [0.4, 0.5) is 0 Å². The quantitative estimate of drug-likeness (QED) is 0.836. The molecule has 3 heterocycles. The van der Waals surface area contributed by atoms with Crippen LogP contribution in [0.2, 0.25) is 0 Å². The average Bonchev–Trinajstić information content (AvgIpc) is 3.03. The molecule has 0 radical (unpaired) electrons. The number of hydrogen-bond donors (Lipinski definition) is 0. The molecule has 1 atom stereocenters. The van der Waals surface area contributed by atoms with E-state index in [1.54, 1.807) is 40.8 Å². The molecule has 9 heteroatoms. The van der Waals surface area contributed by atoms with Gasteiger partial charge in [-0.2, -0.15) is 9.40 Å². The van der Waals surface area contributed by atoms with E-state index in [1.165, 1.54) is 0 Å². The second kappa shape index (κ2) is 5.72. The maximum absolute atomic E-state index is 13.3. The van der Waals surface area contributed by atoms with E-state index in [-0.39, 0.29) is 6.04 Å². The Morgan fingerprint density at radius 3 is 2.52 bits per heavy atom. The van der Waals surface area contributed by atoms with Gasteiger partial charge in [-0.15, -0.1) is 10.2 Å². The fourth-order valence-corrected chi connectivity index (χ4v) is 5.35. The van der Waals surface area contributed by atoms with Gasteiger partial charge in [0.2, 0.25) is 10.0 Å². The summed E-state index contributed by atoms with van der Waals surface area (Å²) in [6, 6.07) is -0.278. The molecule has 126 valence electrons. The second-order valence-corrected chi connectivity index (χ2v) is 7.88. The highest BCUT2D eigenvalue weighted by Crippen LogP contribution is 2.35. The van der Waals surface area contributed by atoms with E-state index in [0.29, 0.717) is 28.7 Å². The number of rotatable bonds is 3. The minimum atomic E-state index is -3.63. The van der Waals surface area contributed by atoms with E-state index < -0.39 is 10.0 Å². The molecule has 0 amide bonds. The third kappa shape index (κ3) is 2.57. The lowest BCUT2D eigenvalue weighted by Gasteiger charge is -2.33. The van der Waals surface area contributed by atoms with Gasteiger partial charge in [-0.25, -0.2) is 8.42 Å². The molecule has 0 bridgehead atoms. The van der Waals surface area contributed by atoms with E-state index in [1.807, 2.05) is 7.05 Å². The van der Waals surface area contributed by atoms with Crippen molar-refractivity contribution in [1.29, 1.82) is 0 Å². The minimum Gasteiger partial charge on any atom is -0.319 e. The van der Waals surface area contributed by atoms with E-state index in [4.69, 9.17) is 0 Å². The first-order valence-electron chi connectivity index (χ1n) is 7.70. The van der Waals surface area contributed by atoms with Gasteiger partial charge < -0.3 is 4.57 Å². The predicted molar refractivity (Wildman–Crippen MR) is 84.2 cm³/mol. The lowest BCUT2D eigenvalue weighted by atomic mass is 10.0. The summed E-state index contributed by atoms with van der Waals surface area (Å²) in [4.78, 5) is 0.314. The van der Waals surface area contributed by atoms with Crippen LogP contribution in [0, 0.1) is 13.8 Å². The first-order chi connectivity index (χ1) is 10.8. The summed E-state index contributed by atoms with van der Waals surface area (Å²) < 4.78 is 31.5. The summed E-state index contributed by atoms with van der Waals surface area (Å²) in [5.41, 5.74) is 1.19. The van der Waals surface area contributed by atoms with E-state index in [2.05, 4.69) is 15.3 Å². The highest BCUT2D eigenvalue weighted by molar-refractivity contribution is 7.89. The minimum absolute atomic E-state index is 0.278. The second-order valence-electron chi connectivity index (χ2n) is 6.05. The molecule has 1 aliphatic rings. The molecule has 3 rings (SSSR count). The van der Waals surface area contributed by atoms with Crippen molar-refractivity contribution in [2.75, 3.05) is 6.54 Å². The molecule has 0 saturated carbocycles. The summed E-state index contributed by atoms with van der Waals surface area (Å²) in [6.07, 6.45) is 4.19. The van der Waals surface area contributed by atoms with Crippen molar-refractivity contribution in [3.05, 3.63) is 23.5 Å². The fourth-order valence-electron chi connectivity index (χ4n) is 3.29. The lowest BCUT2D eigenvalue weighted by molar-refractivity contribution is 0.242. The molecular formula is C14H22N6O2S. The molecule has 1 aliphatic heterocycles. The standard InChI is InChI=1S/C14H22N6O2S/c1-10-13(11(2)19(4)17-10)23(21,22)20-8-6-5-7-12(20)14-16-15-9-18(14)3/h9,12H,5-8H2,1-4H3/t12-/m1/s1. The Morgan fingerprint density at radius 1 is 1.22 bits per heavy atom. The number of nitrogens with zero attached hydrogens (tertiary/aromatic N) is 6. The van der Waals surface area contributed by atoms with Crippen molar-refractivity contribution >= 4 is 10.0 Å². The van der Waals surface area contributed by atoms with Crippen LogP contribution in [-0.2, 0) is 24.1 Å². The SMILES string of the molecule is Cc1nn(C)c(C)c1S(=O)(=O)N1CCCC[C@@H]1c1nncn1C. The molecule has 2 aromatic heterocycles. The maximum Gasteiger partial charge on any atom is 0.247 e. The summed E-state index contributed by atoms with van der Waals surface area (Å²) >= 11 is 0. The van der Waals surface area contributed by atoms with E-state index in [0.717, 1.165) is 19.3 Å². The van der Waals surface area contributed by atoms with Crippen molar-refractivity contribution in [2.24, 2.45) is 14.1 Å². The average molecular weight is 338 g/mol. The van der Waals surface area contributed by atoms with Crippen molar-refractivity contribution in [3.8, 4) is 0 Å². The first kappa shape index (κ1) is 16.1. The molecule has 0 N–H and O–H groups in total. The number of aryl methyl sites for hydroxylation is 3. The van der Waals surface area contributed by atoms with E-state index in [9.17, 15) is 8.42 Å². The van der Waals surface area contributed by atoms with E-state index >= 15 is 0 Å². The normalized spacial score (nSPS) is 20.1. The molecule has 1 saturated heterocycles. The van der Waals surface area contributed by atoms with Crippen molar-refractivity contribution in [1.82, 2.24) is 28.9 Å². The number of aromatic nitrogens is 5. The molecule has 2 aromatic rings. The Hall–Kier alpha value is -1.74. The van der Waals surface area contributed by atoms with Crippen LogP contribution in [0.3, 0.4) is 0 Å².